The molecule has 4 nitrogen and oxygen atoms in total. The van der Waals surface area contributed by atoms with Gasteiger partial charge in [-0.3, -0.25) is 4.90 Å². The van der Waals surface area contributed by atoms with Gasteiger partial charge in [0.25, 0.3) is 0 Å². The summed E-state index contributed by atoms with van der Waals surface area (Å²) in [5.74, 6) is -0.644. The highest BCUT2D eigenvalue weighted by Crippen LogP contribution is 2.44. The van der Waals surface area contributed by atoms with Crippen LogP contribution in [0.4, 0.5) is 14.7 Å². The Balaban J connectivity index is 0.00000180. The van der Waals surface area contributed by atoms with Gasteiger partial charge in [-0.1, -0.05) is 12.1 Å². The second-order valence-electron chi connectivity index (χ2n) is 7.60. The second-order valence-corrected chi connectivity index (χ2v) is 7.60. The lowest BCUT2D eigenvalue weighted by Gasteiger charge is -2.36. The first-order valence-corrected chi connectivity index (χ1v) is 9.50. The molecule has 0 aliphatic carbocycles. The molecule has 1 aromatic heterocycles. The van der Waals surface area contributed by atoms with Gasteiger partial charge in [-0.15, -0.1) is 12.4 Å². The minimum atomic E-state index is -0.772. The third-order valence-corrected chi connectivity index (χ3v) is 6.09. The van der Waals surface area contributed by atoms with Gasteiger partial charge in [-0.25, -0.2) is 18.7 Å². The third kappa shape index (κ3) is 3.19. The van der Waals surface area contributed by atoms with Crippen molar-refractivity contribution < 1.29 is 8.78 Å². The monoisotopic (exact) mass is 392 g/mol. The van der Waals surface area contributed by atoms with E-state index in [1.54, 1.807) is 12.1 Å². The lowest BCUT2D eigenvalue weighted by atomic mass is 9.98. The number of aromatic nitrogens is 2. The van der Waals surface area contributed by atoms with Crippen molar-refractivity contribution in [3.63, 3.8) is 0 Å². The maximum Gasteiger partial charge on any atom is 0.225 e. The Hall–Kier alpha value is -1.79. The van der Waals surface area contributed by atoms with Crippen LogP contribution in [0, 0.1) is 11.6 Å². The van der Waals surface area contributed by atoms with Gasteiger partial charge in [0.2, 0.25) is 5.95 Å². The molecule has 3 aliphatic rings. The topological polar surface area (TPSA) is 32.3 Å². The highest BCUT2D eigenvalue weighted by molar-refractivity contribution is 5.85. The zero-order valence-corrected chi connectivity index (χ0v) is 15.9. The SMILES string of the molecule is Cl.Fc1cccc(CN2C3CCC2c2cnc(N4CCCC4)nc2C3)c1F. The Bertz CT molecular complexity index is 841. The van der Waals surface area contributed by atoms with Gasteiger partial charge in [0.05, 0.1) is 5.69 Å². The lowest BCUT2D eigenvalue weighted by Crippen LogP contribution is -2.38. The number of hydrogen-bond donors (Lipinski definition) is 0. The molecule has 2 aromatic rings. The van der Waals surface area contributed by atoms with Crippen molar-refractivity contribution in [3.8, 4) is 0 Å². The summed E-state index contributed by atoms with van der Waals surface area (Å²) in [5, 5.41) is 0. The molecular formula is C20H23ClF2N4. The number of anilines is 1. The average molecular weight is 393 g/mol. The average Bonchev–Trinajstić information content (AvgIpc) is 3.27. The van der Waals surface area contributed by atoms with Gasteiger partial charge in [0, 0.05) is 55.5 Å². The summed E-state index contributed by atoms with van der Waals surface area (Å²) in [4.78, 5) is 14.0. The van der Waals surface area contributed by atoms with Crippen molar-refractivity contribution in [2.75, 3.05) is 18.0 Å². The highest BCUT2D eigenvalue weighted by Gasteiger charge is 2.41. The van der Waals surface area contributed by atoms with Gasteiger partial charge in [0.15, 0.2) is 11.6 Å². The van der Waals surface area contributed by atoms with Crippen LogP contribution < -0.4 is 4.90 Å². The molecule has 5 rings (SSSR count). The molecule has 7 heteroatoms. The summed E-state index contributed by atoms with van der Waals surface area (Å²) in [6.07, 6.45) is 7.35. The zero-order chi connectivity index (χ0) is 17.7. The minimum Gasteiger partial charge on any atom is -0.341 e. The van der Waals surface area contributed by atoms with Crippen LogP contribution in [0.2, 0.25) is 0 Å². The van der Waals surface area contributed by atoms with E-state index in [1.165, 1.54) is 24.5 Å². The van der Waals surface area contributed by atoms with Crippen LogP contribution in [0.1, 0.15) is 48.5 Å². The number of halogens is 3. The van der Waals surface area contributed by atoms with Crippen LogP contribution in [0.15, 0.2) is 24.4 Å². The van der Waals surface area contributed by atoms with Crippen LogP contribution in [-0.4, -0.2) is 34.0 Å². The van der Waals surface area contributed by atoms with Gasteiger partial charge >= 0.3 is 0 Å². The van der Waals surface area contributed by atoms with Crippen molar-refractivity contribution in [3.05, 3.63) is 52.9 Å². The van der Waals surface area contributed by atoms with Crippen LogP contribution in [-0.2, 0) is 13.0 Å². The van der Waals surface area contributed by atoms with Crippen molar-refractivity contribution in [2.45, 2.75) is 50.7 Å². The molecule has 0 amide bonds. The van der Waals surface area contributed by atoms with Crippen LogP contribution >= 0.6 is 12.4 Å². The van der Waals surface area contributed by atoms with E-state index < -0.39 is 11.6 Å². The molecule has 3 aliphatic heterocycles. The fourth-order valence-corrected chi connectivity index (χ4v) is 4.75. The van der Waals surface area contributed by atoms with Crippen molar-refractivity contribution in [2.24, 2.45) is 0 Å². The van der Waals surface area contributed by atoms with E-state index in [2.05, 4.69) is 14.8 Å². The van der Waals surface area contributed by atoms with Crippen molar-refractivity contribution in [1.29, 1.82) is 0 Å². The Morgan fingerprint density at radius 2 is 1.93 bits per heavy atom. The van der Waals surface area contributed by atoms with E-state index in [0.29, 0.717) is 18.2 Å². The van der Waals surface area contributed by atoms with Crippen molar-refractivity contribution >= 4 is 18.4 Å². The smallest absolute Gasteiger partial charge is 0.225 e. The predicted octanol–water partition coefficient (Wildman–Crippen LogP) is 4.04. The Labute approximate surface area is 164 Å². The minimum absolute atomic E-state index is 0. The Kier molecular flexibility index (Phi) is 5.03. The lowest BCUT2D eigenvalue weighted by molar-refractivity contribution is 0.163. The van der Waals surface area contributed by atoms with Crippen LogP contribution in [0.25, 0.3) is 0 Å². The molecule has 0 spiro atoms. The first-order chi connectivity index (χ1) is 12.7. The quantitative estimate of drug-likeness (QED) is 0.789. The second kappa shape index (κ2) is 7.32. The molecule has 2 saturated heterocycles. The normalized spacial score (nSPS) is 24.0. The van der Waals surface area contributed by atoms with E-state index in [9.17, 15) is 8.78 Å². The summed E-state index contributed by atoms with van der Waals surface area (Å²) in [6, 6.07) is 4.99. The van der Waals surface area contributed by atoms with Crippen LogP contribution in [0.5, 0.6) is 0 Å². The van der Waals surface area contributed by atoms with Crippen LogP contribution in [0.3, 0.4) is 0 Å². The molecule has 0 saturated carbocycles. The summed E-state index contributed by atoms with van der Waals surface area (Å²) in [7, 11) is 0. The summed E-state index contributed by atoms with van der Waals surface area (Å²) in [5.41, 5.74) is 2.74. The molecule has 0 N–H and O–H groups in total. The molecule has 4 heterocycles. The molecular weight excluding hydrogens is 370 g/mol. The fraction of sp³-hybridized carbons (Fsp3) is 0.500. The van der Waals surface area contributed by atoms with E-state index >= 15 is 0 Å². The third-order valence-electron chi connectivity index (χ3n) is 6.09. The summed E-state index contributed by atoms with van der Waals surface area (Å²) in [6.45, 7) is 2.51. The van der Waals surface area contributed by atoms with Gasteiger partial charge in [-0.05, 0) is 31.7 Å². The van der Waals surface area contributed by atoms with Gasteiger partial charge in [0.1, 0.15) is 0 Å². The maximum absolute atomic E-state index is 14.1. The van der Waals surface area contributed by atoms with E-state index in [4.69, 9.17) is 4.98 Å². The first-order valence-electron chi connectivity index (χ1n) is 9.50. The van der Waals surface area contributed by atoms with Gasteiger partial charge < -0.3 is 4.90 Å². The molecule has 2 unspecified atom stereocenters. The number of benzene rings is 1. The molecule has 27 heavy (non-hydrogen) atoms. The number of fused-ring (bicyclic) bond motifs is 4. The largest absolute Gasteiger partial charge is 0.341 e. The van der Waals surface area contributed by atoms with E-state index in [1.807, 2.05) is 6.20 Å². The fourth-order valence-electron chi connectivity index (χ4n) is 4.75. The summed E-state index contributed by atoms with van der Waals surface area (Å²) >= 11 is 0. The van der Waals surface area contributed by atoms with E-state index in [0.717, 1.165) is 44.0 Å². The molecule has 144 valence electrons. The highest BCUT2D eigenvalue weighted by atomic mass is 35.5. The summed E-state index contributed by atoms with van der Waals surface area (Å²) < 4.78 is 27.7. The predicted molar refractivity (Wildman–Crippen MR) is 102 cm³/mol. The molecule has 2 atom stereocenters. The number of hydrogen-bond acceptors (Lipinski definition) is 4. The molecule has 0 radical (unpaired) electrons. The number of rotatable bonds is 3. The zero-order valence-electron chi connectivity index (χ0n) is 15.1. The van der Waals surface area contributed by atoms with Gasteiger partial charge in [-0.2, -0.15) is 0 Å². The maximum atomic E-state index is 14.1. The first kappa shape index (κ1) is 18.6. The standard InChI is InChI=1S/C20H22F2N4.ClH/c21-16-5-3-4-13(19(16)22)12-26-14-6-7-18(26)15-11-23-20(24-17(15)10-14)25-8-1-2-9-25;/h3-5,11,14,18H,1-2,6-10,12H2;1H. The molecule has 2 bridgehead atoms. The Morgan fingerprint density at radius 1 is 1.11 bits per heavy atom. The Morgan fingerprint density at radius 3 is 2.74 bits per heavy atom. The molecule has 2 fully saturated rings. The van der Waals surface area contributed by atoms with E-state index in [-0.39, 0.29) is 18.4 Å². The van der Waals surface area contributed by atoms with Crippen molar-refractivity contribution in [1.82, 2.24) is 14.9 Å². The molecule has 1 aromatic carbocycles. The number of nitrogens with zero attached hydrogens (tertiary/aromatic N) is 4.